The first-order chi connectivity index (χ1) is 11.7. The molecule has 0 fully saturated rings. The molecule has 4 rings (SSSR count). The van der Waals surface area contributed by atoms with Gasteiger partial charge >= 0.3 is 0 Å². The van der Waals surface area contributed by atoms with E-state index in [0.717, 1.165) is 22.5 Å². The molecule has 4 heteroatoms. The summed E-state index contributed by atoms with van der Waals surface area (Å²) >= 11 is 0. The molecule has 0 radical (unpaired) electrons. The summed E-state index contributed by atoms with van der Waals surface area (Å²) in [4.78, 5) is 15.8. The molecule has 0 saturated carbocycles. The van der Waals surface area contributed by atoms with Crippen LogP contribution in [0.5, 0.6) is 0 Å². The predicted molar refractivity (Wildman–Crippen MR) is 93.7 cm³/mol. The number of quaternary nitrogens is 1. The molecule has 2 aliphatic rings. The number of aromatic nitrogens is 1. The van der Waals surface area contributed by atoms with E-state index in [1.807, 2.05) is 42.5 Å². The van der Waals surface area contributed by atoms with Crippen LogP contribution in [-0.2, 0) is 11.2 Å². The second-order valence-electron chi connectivity index (χ2n) is 6.38. The molecule has 2 unspecified atom stereocenters. The summed E-state index contributed by atoms with van der Waals surface area (Å²) in [6.45, 7) is 0. The van der Waals surface area contributed by atoms with Crippen molar-refractivity contribution in [1.29, 1.82) is 0 Å². The minimum absolute atomic E-state index is 0.0814. The number of hydroxylamine groups is 2. The Kier molecular flexibility index (Phi) is 3.63. The van der Waals surface area contributed by atoms with Crippen LogP contribution in [0, 0.1) is 5.21 Å². The predicted octanol–water partition coefficient (Wildman–Crippen LogP) is 3.68. The van der Waals surface area contributed by atoms with E-state index >= 15 is 0 Å². The van der Waals surface area contributed by atoms with Crippen molar-refractivity contribution in [2.75, 3.05) is 0 Å². The third-order valence-electron chi connectivity index (χ3n) is 4.89. The van der Waals surface area contributed by atoms with Crippen LogP contribution in [0.15, 0.2) is 78.3 Å². The number of para-hydroxylation sites is 1. The Bertz CT molecular complexity index is 827. The largest absolute Gasteiger partial charge is 0.622 e. The van der Waals surface area contributed by atoms with Crippen LogP contribution < -0.4 is 4.65 Å². The van der Waals surface area contributed by atoms with Gasteiger partial charge in [0.25, 0.3) is 0 Å². The van der Waals surface area contributed by atoms with Crippen molar-refractivity contribution in [2.24, 2.45) is 0 Å². The SMILES string of the molecule is O=C1C=CC2=C(C1)CC(Cc1ccncc1)[N+]2([O-])c1ccccc1. The summed E-state index contributed by atoms with van der Waals surface area (Å²) in [5.74, 6) is 0.0814. The van der Waals surface area contributed by atoms with Crippen LogP contribution >= 0.6 is 0 Å². The van der Waals surface area contributed by atoms with Crippen molar-refractivity contribution >= 4 is 11.5 Å². The monoisotopic (exact) mass is 318 g/mol. The van der Waals surface area contributed by atoms with Gasteiger partial charge in [-0.15, -0.1) is 0 Å². The minimum Gasteiger partial charge on any atom is -0.622 e. The molecule has 1 aromatic carbocycles. The summed E-state index contributed by atoms with van der Waals surface area (Å²) in [6, 6.07) is 13.2. The number of nitrogens with zero attached hydrogens (tertiary/aromatic N) is 2. The highest BCUT2D eigenvalue weighted by Gasteiger charge is 2.44. The maximum Gasteiger partial charge on any atom is 0.160 e. The number of hydrogen-bond donors (Lipinski definition) is 0. The topological polar surface area (TPSA) is 53.0 Å². The van der Waals surface area contributed by atoms with Crippen molar-refractivity contribution < 1.29 is 4.79 Å². The van der Waals surface area contributed by atoms with Crippen LogP contribution in [0.1, 0.15) is 18.4 Å². The first-order valence-corrected chi connectivity index (χ1v) is 8.15. The van der Waals surface area contributed by atoms with Gasteiger partial charge in [0.1, 0.15) is 17.4 Å². The standard InChI is InChI=1S/C20H18N2O2/c23-19-6-7-20-16(14-19)13-18(12-15-8-10-21-11-9-15)22(20,24)17-4-2-1-3-5-17/h1-11,18H,12-14H2. The van der Waals surface area contributed by atoms with Gasteiger partial charge < -0.3 is 5.21 Å². The van der Waals surface area contributed by atoms with Crippen molar-refractivity contribution in [2.45, 2.75) is 25.3 Å². The fourth-order valence-electron chi connectivity index (χ4n) is 3.77. The fourth-order valence-corrected chi connectivity index (χ4v) is 3.77. The van der Waals surface area contributed by atoms with Gasteiger partial charge in [0.15, 0.2) is 5.78 Å². The molecule has 1 aliphatic heterocycles. The lowest BCUT2D eigenvalue weighted by Crippen LogP contribution is -2.48. The fraction of sp³-hybridized carbons (Fsp3) is 0.200. The summed E-state index contributed by atoms with van der Waals surface area (Å²) in [5, 5.41) is 14.0. The molecular formula is C20H18N2O2. The van der Waals surface area contributed by atoms with Gasteiger partial charge in [0.2, 0.25) is 0 Å². The van der Waals surface area contributed by atoms with E-state index in [1.165, 1.54) is 0 Å². The van der Waals surface area contributed by atoms with Gasteiger partial charge in [0, 0.05) is 43.3 Å². The molecule has 120 valence electrons. The molecule has 2 heterocycles. The molecule has 0 amide bonds. The number of pyridine rings is 1. The molecule has 0 N–H and O–H groups in total. The van der Waals surface area contributed by atoms with E-state index < -0.39 is 4.65 Å². The zero-order valence-electron chi connectivity index (χ0n) is 13.3. The molecule has 2 atom stereocenters. The summed E-state index contributed by atoms with van der Waals surface area (Å²) in [6.07, 6.45) is 8.47. The molecule has 0 spiro atoms. The lowest BCUT2D eigenvalue weighted by Gasteiger charge is -2.45. The zero-order valence-corrected chi connectivity index (χ0v) is 13.3. The number of ketones is 1. The highest BCUT2D eigenvalue weighted by Crippen LogP contribution is 2.45. The van der Waals surface area contributed by atoms with Crippen LogP contribution in [-0.4, -0.2) is 16.8 Å². The number of carbonyl (C=O) groups excluding carboxylic acids is 1. The van der Waals surface area contributed by atoms with Crippen molar-refractivity contribution in [3.05, 3.63) is 89.1 Å². The van der Waals surface area contributed by atoms with Gasteiger partial charge in [-0.1, -0.05) is 18.2 Å². The average Bonchev–Trinajstić information content (AvgIpc) is 2.89. The first kappa shape index (κ1) is 15.0. The molecule has 4 nitrogen and oxygen atoms in total. The smallest absolute Gasteiger partial charge is 0.160 e. The van der Waals surface area contributed by atoms with E-state index in [1.54, 1.807) is 24.5 Å². The highest BCUT2D eigenvalue weighted by molar-refractivity contribution is 5.94. The van der Waals surface area contributed by atoms with Gasteiger partial charge in [-0.3, -0.25) is 14.4 Å². The summed E-state index contributed by atoms with van der Waals surface area (Å²) in [7, 11) is 0. The molecule has 2 aromatic rings. The normalized spacial score (nSPS) is 25.9. The Morgan fingerprint density at radius 1 is 1.08 bits per heavy atom. The van der Waals surface area contributed by atoms with E-state index in [9.17, 15) is 10.0 Å². The maximum absolute atomic E-state index is 14.0. The molecule has 0 bridgehead atoms. The second kappa shape index (κ2) is 5.82. The highest BCUT2D eigenvalue weighted by atomic mass is 16.6. The van der Waals surface area contributed by atoms with Crippen LogP contribution in [0.25, 0.3) is 0 Å². The molecular weight excluding hydrogens is 300 g/mol. The zero-order chi connectivity index (χ0) is 16.6. The van der Waals surface area contributed by atoms with Crippen molar-refractivity contribution in [3.8, 4) is 0 Å². The Labute approximate surface area is 140 Å². The van der Waals surface area contributed by atoms with E-state index in [2.05, 4.69) is 4.98 Å². The molecule has 24 heavy (non-hydrogen) atoms. The summed E-state index contributed by atoms with van der Waals surface area (Å²) in [5.41, 5.74) is 3.54. The lowest BCUT2D eigenvalue weighted by molar-refractivity contribution is -0.114. The molecule has 1 aliphatic carbocycles. The molecule has 0 saturated heterocycles. The Morgan fingerprint density at radius 3 is 2.58 bits per heavy atom. The minimum atomic E-state index is -0.484. The Morgan fingerprint density at radius 2 is 1.83 bits per heavy atom. The van der Waals surface area contributed by atoms with E-state index in [-0.39, 0.29) is 11.8 Å². The summed E-state index contributed by atoms with van der Waals surface area (Å²) < 4.78 is -0.484. The van der Waals surface area contributed by atoms with Crippen LogP contribution in [0.3, 0.4) is 0 Å². The number of carbonyl (C=O) groups is 1. The third kappa shape index (κ3) is 2.40. The second-order valence-corrected chi connectivity index (χ2v) is 6.38. The van der Waals surface area contributed by atoms with Gasteiger partial charge in [-0.05, 0) is 35.9 Å². The Balaban J connectivity index is 1.77. The Hall–Kier alpha value is -2.56. The third-order valence-corrected chi connectivity index (χ3v) is 4.89. The van der Waals surface area contributed by atoms with Crippen LogP contribution in [0.2, 0.25) is 0 Å². The van der Waals surface area contributed by atoms with E-state index in [0.29, 0.717) is 19.3 Å². The number of rotatable bonds is 3. The lowest BCUT2D eigenvalue weighted by atomic mass is 9.97. The van der Waals surface area contributed by atoms with Gasteiger partial charge in [-0.25, -0.2) is 0 Å². The average molecular weight is 318 g/mol. The maximum atomic E-state index is 14.0. The quantitative estimate of drug-likeness (QED) is 0.641. The van der Waals surface area contributed by atoms with Gasteiger partial charge in [0.05, 0.1) is 0 Å². The van der Waals surface area contributed by atoms with Crippen molar-refractivity contribution in [1.82, 2.24) is 9.63 Å². The number of benzene rings is 1. The number of hydrogen-bond acceptors (Lipinski definition) is 3. The first-order valence-electron chi connectivity index (χ1n) is 8.15. The van der Waals surface area contributed by atoms with Crippen LogP contribution in [0.4, 0.5) is 5.69 Å². The van der Waals surface area contributed by atoms with Gasteiger partial charge in [-0.2, -0.15) is 0 Å². The number of allylic oxidation sites excluding steroid dienone is 2. The van der Waals surface area contributed by atoms with Crippen molar-refractivity contribution in [3.63, 3.8) is 0 Å². The van der Waals surface area contributed by atoms with E-state index in [4.69, 9.17) is 0 Å². The molecule has 1 aromatic heterocycles.